The number of aliphatic hydroxyl groups is 1. The van der Waals surface area contributed by atoms with Crippen LogP contribution in [0.5, 0.6) is 5.75 Å². The molecule has 0 radical (unpaired) electrons. The summed E-state index contributed by atoms with van der Waals surface area (Å²) in [6.45, 7) is -0.0910. The number of thiophene rings is 1. The van der Waals surface area contributed by atoms with Gasteiger partial charge in [0.25, 0.3) is 11.8 Å². The third kappa shape index (κ3) is 6.80. The number of halogens is 2. The highest BCUT2D eigenvalue weighted by molar-refractivity contribution is 7.12. The van der Waals surface area contributed by atoms with Crippen LogP contribution in [-0.4, -0.2) is 40.9 Å². The van der Waals surface area contributed by atoms with Crippen molar-refractivity contribution >= 4 is 52.6 Å². The first kappa shape index (κ1) is 25.7. The van der Waals surface area contributed by atoms with E-state index < -0.39 is 18.1 Å². The molecule has 0 saturated carbocycles. The first-order valence-electron chi connectivity index (χ1n) is 10.3. The van der Waals surface area contributed by atoms with Gasteiger partial charge >= 0.3 is 0 Å². The van der Waals surface area contributed by atoms with Crippen LogP contribution >= 0.6 is 34.5 Å². The lowest BCUT2D eigenvalue weighted by Crippen LogP contribution is -2.44. The molecule has 34 heavy (non-hydrogen) atoms. The molecule has 0 saturated heterocycles. The van der Waals surface area contributed by atoms with Gasteiger partial charge in [-0.05, 0) is 59.7 Å². The monoisotopic (exact) mass is 520 g/mol. The Labute approximate surface area is 210 Å². The number of aliphatic hydroxyl groups excluding tert-OH is 1. The van der Waals surface area contributed by atoms with Crippen molar-refractivity contribution in [3.63, 3.8) is 0 Å². The molecule has 0 bridgehead atoms. The molecule has 10 heteroatoms. The van der Waals surface area contributed by atoms with Crippen LogP contribution in [0.4, 0.5) is 0 Å². The normalized spacial score (nSPS) is 12.6. The summed E-state index contributed by atoms with van der Waals surface area (Å²) in [5.74, 6) is -0.925. The predicted molar refractivity (Wildman–Crippen MR) is 132 cm³/mol. The van der Waals surface area contributed by atoms with Crippen molar-refractivity contribution in [3.8, 4) is 5.75 Å². The Balaban J connectivity index is 1.60. The summed E-state index contributed by atoms with van der Waals surface area (Å²) in [6, 6.07) is 11.9. The van der Waals surface area contributed by atoms with Crippen LogP contribution in [0.3, 0.4) is 0 Å². The van der Waals surface area contributed by atoms with E-state index in [0.29, 0.717) is 35.1 Å². The lowest BCUT2D eigenvalue weighted by molar-refractivity contribution is -0.109. The Bertz CT molecular complexity index is 1150. The summed E-state index contributed by atoms with van der Waals surface area (Å²) in [6.07, 6.45) is 0.485. The molecular weight excluding hydrogens is 499 g/mol. The topological polar surface area (TPSA) is 116 Å². The summed E-state index contributed by atoms with van der Waals surface area (Å²) in [5.41, 5.74) is 1.30. The fraction of sp³-hybridized carbons (Fsp3) is 0.208. The maximum absolute atomic E-state index is 12.7. The van der Waals surface area contributed by atoms with Gasteiger partial charge in [-0.25, -0.2) is 0 Å². The number of carbonyl (C=O) groups excluding carboxylic acids is 3. The molecule has 1 unspecified atom stereocenters. The number of carbonyl (C=O) groups is 3. The number of hydrogen-bond acceptors (Lipinski definition) is 6. The minimum Gasteiger partial charge on any atom is -0.508 e. The van der Waals surface area contributed by atoms with Crippen molar-refractivity contribution in [2.45, 2.75) is 25.0 Å². The fourth-order valence-corrected chi connectivity index (χ4v) is 4.60. The Morgan fingerprint density at radius 2 is 1.79 bits per heavy atom. The number of aldehydes is 1. The molecular formula is C24H22Cl2N2O5S. The maximum Gasteiger partial charge on any atom is 0.261 e. The molecule has 0 aliphatic rings. The van der Waals surface area contributed by atoms with Gasteiger partial charge in [0.2, 0.25) is 0 Å². The van der Waals surface area contributed by atoms with E-state index in [1.807, 2.05) is 0 Å². The van der Waals surface area contributed by atoms with Gasteiger partial charge in [0.05, 0.1) is 26.6 Å². The lowest BCUT2D eigenvalue weighted by Gasteiger charge is -2.16. The van der Waals surface area contributed by atoms with Crippen molar-refractivity contribution in [2.75, 3.05) is 6.54 Å². The quantitative estimate of drug-likeness (QED) is 0.299. The Morgan fingerprint density at radius 1 is 1.06 bits per heavy atom. The number of aryl methyl sites for hydroxylation is 1. The molecule has 0 fully saturated rings. The Hall–Kier alpha value is -2.91. The van der Waals surface area contributed by atoms with Gasteiger partial charge in [0.1, 0.15) is 18.1 Å². The number of benzene rings is 2. The van der Waals surface area contributed by atoms with E-state index in [-0.39, 0.29) is 33.8 Å². The number of rotatable bonds is 10. The second-order valence-corrected chi connectivity index (χ2v) is 9.25. The zero-order valence-corrected chi connectivity index (χ0v) is 20.2. The van der Waals surface area contributed by atoms with Crippen LogP contribution in [0, 0.1) is 0 Å². The van der Waals surface area contributed by atoms with Crippen LogP contribution in [0.2, 0.25) is 10.0 Å². The summed E-state index contributed by atoms with van der Waals surface area (Å²) in [4.78, 5) is 36.7. The van der Waals surface area contributed by atoms with Crippen molar-refractivity contribution in [1.82, 2.24) is 10.6 Å². The molecule has 2 atom stereocenters. The molecule has 2 amide bonds. The predicted octanol–water partition coefficient (Wildman–Crippen LogP) is 4.15. The van der Waals surface area contributed by atoms with Gasteiger partial charge in [-0.1, -0.05) is 41.4 Å². The van der Waals surface area contributed by atoms with Crippen molar-refractivity contribution in [2.24, 2.45) is 0 Å². The van der Waals surface area contributed by atoms with Gasteiger partial charge in [-0.15, -0.1) is 11.3 Å². The van der Waals surface area contributed by atoms with Gasteiger partial charge in [0.15, 0.2) is 0 Å². The molecule has 2 aromatic carbocycles. The molecule has 1 heterocycles. The summed E-state index contributed by atoms with van der Waals surface area (Å²) >= 11 is 13.9. The number of nitrogens with one attached hydrogen (secondary N) is 2. The van der Waals surface area contributed by atoms with Crippen molar-refractivity contribution in [1.29, 1.82) is 0 Å². The Morgan fingerprint density at radius 3 is 2.41 bits per heavy atom. The molecule has 0 aliphatic carbocycles. The third-order valence-electron chi connectivity index (χ3n) is 5.00. The van der Waals surface area contributed by atoms with Crippen molar-refractivity contribution < 1.29 is 24.6 Å². The number of aromatic hydroxyl groups is 1. The molecule has 0 aliphatic heterocycles. The number of phenolic OH excluding ortho intramolecular Hbond substituents is 1. The highest BCUT2D eigenvalue weighted by Gasteiger charge is 2.21. The average Bonchev–Trinajstić information content (AvgIpc) is 3.34. The average molecular weight is 521 g/mol. The molecule has 3 aromatic rings. The minimum absolute atomic E-state index is 0.0112. The molecule has 0 spiro atoms. The second kappa shape index (κ2) is 12.0. The van der Waals surface area contributed by atoms with E-state index >= 15 is 0 Å². The van der Waals surface area contributed by atoms with Gasteiger partial charge in [-0.2, -0.15) is 0 Å². The van der Waals surface area contributed by atoms with E-state index in [9.17, 15) is 24.6 Å². The number of hydrogen-bond donors (Lipinski definition) is 4. The molecule has 3 rings (SSSR count). The maximum atomic E-state index is 12.7. The van der Waals surface area contributed by atoms with E-state index in [4.69, 9.17) is 23.2 Å². The van der Waals surface area contributed by atoms with Gasteiger partial charge in [-0.3, -0.25) is 9.59 Å². The summed E-state index contributed by atoms with van der Waals surface area (Å²) < 4.78 is 0. The van der Waals surface area contributed by atoms with Crippen LogP contribution in [-0.2, 0) is 11.2 Å². The molecule has 178 valence electrons. The van der Waals surface area contributed by atoms with Gasteiger partial charge in [0, 0.05) is 6.54 Å². The van der Waals surface area contributed by atoms with E-state index in [1.54, 1.807) is 41.8 Å². The van der Waals surface area contributed by atoms with E-state index in [0.717, 1.165) is 0 Å². The van der Waals surface area contributed by atoms with Crippen LogP contribution in [0.1, 0.15) is 43.7 Å². The summed E-state index contributed by atoms with van der Waals surface area (Å²) in [7, 11) is 0. The first-order valence-corrected chi connectivity index (χ1v) is 11.9. The smallest absolute Gasteiger partial charge is 0.261 e. The SMILES string of the molecule is O=C[C@H](CNC(=O)c1cccs1)NC(=O)c1c(Cl)cc(CCC(O)c2cccc(O)c2)cc1Cl. The third-order valence-corrected chi connectivity index (χ3v) is 6.46. The van der Waals surface area contributed by atoms with Crippen molar-refractivity contribution in [3.05, 3.63) is 85.5 Å². The molecule has 7 nitrogen and oxygen atoms in total. The van der Waals surface area contributed by atoms with E-state index in [2.05, 4.69) is 10.6 Å². The Kier molecular flexibility index (Phi) is 9.06. The lowest BCUT2D eigenvalue weighted by atomic mass is 10.00. The van der Waals surface area contributed by atoms with E-state index in [1.165, 1.54) is 23.5 Å². The fourth-order valence-electron chi connectivity index (χ4n) is 3.26. The minimum atomic E-state index is -0.972. The van der Waals surface area contributed by atoms with Crippen LogP contribution < -0.4 is 10.6 Å². The molecule has 1 aromatic heterocycles. The first-order chi connectivity index (χ1) is 16.3. The largest absolute Gasteiger partial charge is 0.508 e. The van der Waals surface area contributed by atoms with Crippen LogP contribution in [0.25, 0.3) is 0 Å². The highest BCUT2D eigenvalue weighted by atomic mass is 35.5. The highest BCUT2D eigenvalue weighted by Crippen LogP contribution is 2.29. The number of amides is 2. The second-order valence-electron chi connectivity index (χ2n) is 7.49. The number of phenols is 1. The summed E-state index contributed by atoms with van der Waals surface area (Å²) in [5, 5.41) is 27.0. The zero-order chi connectivity index (χ0) is 24.7. The van der Waals surface area contributed by atoms with Gasteiger partial charge < -0.3 is 25.6 Å². The molecule has 4 N–H and O–H groups in total. The zero-order valence-electron chi connectivity index (χ0n) is 17.8. The standard InChI is InChI=1S/C24H22Cl2N2O5S/c25-18-9-14(6-7-20(31)15-3-1-4-17(30)11-15)10-19(26)22(18)24(33)28-16(13-29)12-27-23(32)21-5-2-8-34-21/h1-5,8-11,13,16,20,30-31H,6-7,12H2,(H,27,32)(H,28,33)/t16-,20?/m0/s1. The van der Waals surface area contributed by atoms with Crippen LogP contribution in [0.15, 0.2) is 53.9 Å².